The Kier molecular flexibility index (Phi) is 4.13. The van der Waals surface area contributed by atoms with Crippen molar-refractivity contribution in [2.75, 3.05) is 0 Å². The average molecular weight is 190 g/mol. The second kappa shape index (κ2) is 5.40. The molecule has 74 valence electrons. The number of hydrogen-bond donors (Lipinski definition) is 0. The highest BCUT2D eigenvalue weighted by molar-refractivity contribution is 5.85. The van der Waals surface area contributed by atoms with E-state index in [1.165, 1.54) is 0 Å². The van der Waals surface area contributed by atoms with Gasteiger partial charge in [0.2, 0.25) is 0 Å². The van der Waals surface area contributed by atoms with Crippen LogP contribution in [-0.4, -0.2) is 5.78 Å². The summed E-state index contributed by atoms with van der Waals surface area (Å²) in [5.41, 5.74) is 0. The number of carbonyl (C=O) groups is 1. The van der Waals surface area contributed by atoms with Crippen LogP contribution >= 0.6 is 0 Å². The van der Waals surface area contributed by atoms with Crippen molar-refractivity contribution in [2.24, 2.45) is 11.8 Å². The third kappa shape index (κ3) is 2.57. The minimum Gasteiger partial charge on any atom is -0.299 e. The molecule has 0 aromatic heterocycles. The second-order valence-corrected chi connectivity index (χ2v) is 3.77. The van der Waals surface area contributed by atoms with E-state index in [4.69, 9.17) is 10.5 Å². The fourth-order valence-corrected chi connectivity index (χ4v) is 2.07. The highest BCUT2D eigenvalue weighted by atomic mass is 16.1. The van der Waals surface area contributed by atoms with E-state index in [1.54, 1.807) is 0 Å². The molecule has 0 spiro atoms. The number of nitrogens with zero attached hydrogens (tertiary/aromatic N) is 2. The predicted molar refractivity (Wildman–Crippen MR) is 50.9 cm³/mol. The van der Waals surface area contributed by atoms with Crippen molar-refractivity contribution >= 4 is 5.78 Å². The Morgan fingerprint density at radius 1 is 1.07 bits per heavy atom. The van der Waals surface area contributed by atoms with E-state index >= 15 is 0 Å². The van der Waals surface area contributed by atoms with Crippen molar-refractivity contribution < 1.29 is 4.79 Å². The summed E-state index contributed by atoms with van der Waals surface area (Å²) in [6.45, 7) is 0. The molecular weight excluding hydrogens is 176 g/mol. The Balaban J connectivity index is 2.37. The van der Waals surface area contributed by atoms with Crippen LogP contribution in [0.2, 0.25) is 0 Å². The molecule has 0 N–H and O–H groups in total. The van der Waals surface area contributed by atoms with E-state index in [2.05, 4.69) is 12.1 Å². The van der Waals surface area contributed by atoms with Crippen molar-refractivity contribution in [1.82, 2.24) is 0 Å². The molecule has 0 heterocycles. The number of ketones is 1. The number of carbonyl (C=O) groups excluding carboxylic acids is 1. The third-order valence-electron chi connectivity index (χ3n) is 2.88. The molecule has 0 radical (unpaired) electrons. The van der Waals surface area contributed by atoms with E-state index in [0.717, 1.165) is 12.8 Å². The minimum atomic E-state index is 0.0957. The van der Waals surface area contributed by atoms with Crippen molar-refractivity contribution in [3.8, 4) is 12.1 Å². The summed E-state index contributed by atoms with van der Waals surface area (Å²) in [5.74, 6) is 0.479. The molecule has 0 amide bonds. The zero-order valence-electron chi connectivity index (χ0n) is 8.20. The maximum absolute atomic E-state index is 11.7. The first-order chi connectivity index (χ1) is 6.79. The van der Waals surface area contributed by atoms with Crippen LogP contribution in [0.15, 0.2) is 0 Å². The first kappa shape index (κ1) is 10.7. The lowest BCUT2D eigenvalue weighted by atomic mass is 9.96. The van der Waals surface area contributed by atoms with Crippen LogP contribution in [0.3, 0.4) is 0 Å². The first-order valence-corrected chi connectivity index (χ1v) is 5.07. The largest absolute Gasteiger partial charge is 0.299 e. The van der Waals surface area contributed by atoms with Crippen molar-refractivity contribution in [3.05, 3.63) is 0 Å². The van der Waals surface area contributed by atoms with Crippen LogP contribution in [0, 0.1) is 34.5 Å². The maximum Gasteiger partial charge on any atom is 0.139 e. The van der Waals surface area contributed by atoms with Gasteiger partial charge in [0.15, 0.2) is 0 Å². The number of rotatable bonds is 4. The Hall–Kier alpha value is -1.35. The van der Waals surface area contributed by atoms with Gasteiger partial charge in [0.05, 0.1) is 12.1 Å². The molecule has 2 atom stereocenters. The Labute approximate surface area is 84.3 Å². The monoisotopic (exact) mass is 190 g/mol. The molecule has 1 aliphatic rings. The first-order valence-electron chi connectivity index (χ1n) is 5.07. The topological polar surface area (TPSA) is 64.7 Å². The van der Waals surface area contributed by atoms with Gasteiger partial charge in [-0.3, -0.25) is 4.79 Å². The highest BCUT2D eigenvalue weighted by Crippen LogP contribution is 2.32. The molecule has 1 fully saturated rings. The molecule has 0 bridgehead atoms. The van der Waals surface area contributed by atoms with E-state index in [9.17, 15) is 4.79 Å². The molecule has 3 heteroatoms. The van der Waals surface area contributed by atoms with Gasteiger partial charge in [0.1, 0.15) is 5.78 Å². The molecule has 0 saturated heterocycles. The molecule has 3 nitrogen and oxygen atoms in total. The standard InChI is InChI=1S/C11H14N2O/c12-7-1-3-9-5-6-10(11(9)14)4-2-8-13/h9-10H,1-6H2. The molecule has 0 aromatic carbocycles. The lowest BCUT2D eigenvalue weighted by molar-refractivity contribution is -0.124. The van der Waals surface area contributed by atoms with Gasteiger partial charge in [-0.15, -0.1) is 0 Å². The summed E-state index contributed by atoms with van der Waals surface area (Å²) in [4.78, 5) is 11.7. The lowest BCUT2D eigenvalue weighted by Crippen LogP contribution is -2.13. The van der Waals surface area contributed by atoms with Gasteiger partial charge < -0.3 is 0 Å². The quantitative estimate of drug-likeness (QED) is 0.682. The summed E-state index contributed by atoms with van der Waals surface area (Å²) in [7, 11) is 0. The molecule has 1 rings (SSSR count). The Morgan fingerprint density at radius 3 is 1.86 bits per heavy atom. The number of nitriles is 2. The van der Waals surface area contributed by atoms with Crippen LogP contribution in [0.4, 0.5) is 0 Å². The maximum atomic E-state index is 11.7. The van der Waals surface area contributed by atoms with Crippen LogP contribution < -0.4 is 0 Å². The fraction of sp³-hybridized carbons (Fsp3) is 0.727. The Bertz CT molecular complexity index is 257. The van der Waals surface area contributed by atoms with Crippen molar-refractivity contribution in [2.45, 2.75) is 38.5 Å². The van der Waals surface area contributed by atoms with Crippen molar-refractivity contribution in [3.63, 3.8) is 0 Å². The van der Waals surface area contributed by atoms with E-state index in [-0.39, 0.29) is 17.6 Å². The van der Waals surface area contributed by atoms with Gasteiger partial charge in [0.25, 0.3) is 0 Å². The molecule has 1 saturated carbocycles. The summed E-state index contributed by atoms with van der Waals surface area (Å²) in [6.07, 6.45) is 4.19. The summed E-state index contributed by atoms with van der Waals surface area (Å²) in [5, 5.41) is 16.8. The highest BCUT2D eigenvalue weighted by Gasteiger charge is 2.32. The summed E-state index contributed by atoms with van der Waals surface area (Å²) in [6, 6.07) is 4.14. The predicted octanol–water partition coefficient (Wildman–Crippen LogP) is 2.19. The minimum absolute atomic E-state index is 0.0957. The SMILES string of the molecule is N#CCCC1CCC(CCC#N)C1=O. The van der Waals surface area contributed by atoms with E-state index in [0.29, 0.717) is 25.7 Å². The fourth-order valence-electron chi connectivity index (χ4n) is 2.07. The molecule has 14 heavy (non-hydrogen) atoms. The smallest absolute Gasteiger partial charge is 0.139 e. The van der Waals surface area contributed by atoms with Gasteiger partial charge in [-0.05, 0) is 25.7 Å². The molecule has 0 aromatic rings. The molecule has 1 aliphatic carbocycles. The molecule has 0 aliphatic heterocycles. The van der Waals surface area contributed by atoms with Gasteiger partial charge in [0, 0.05) is 24.7 Å². The normalized spacial score (nSPS) is 25.7. The lowest BCUT2D eigenvalue weighted by Gasteiger charge is -2.06. The van der Waals surface area contributed by atoms with Gasteiger partial charge in [-0.25, -0.2) is 0 Å². The zero-order chi connectivity index (χ0) is 10.4. The van der Waals surface area contributed by atoms with Gasteiger partial charge >= 0.3 is 0 Å². The van der Waals surface area contributed by atoms with Gasteiger partial charge in [-0.2, -0.15) is 10.5 Å². The third-order valence-corrected chi connectivity index (χ3v) is 2.88. The zero-order valence-corrected chi connectivity index (χ0v) is 8.20. The van der Waals surface area contributed by atoms with Crippen molar-refractivity contribution in [1.29, 1.82) is 10.5 Å². The Morgan fingerprint density at radius 2 is 1.50 bits per heavy atom. The van der Waals surface area contributed by atoms with E-state index < -0.39 is 0 Å². The molecule has 2 unspecified atom stereocenters. The number of Topliss-reactive ketones (excluding diaryl/α,β-unsaturated/α-hetero) is 1. The van der Waals surface area contributed by atoms with Gasteiger partial charge in [-0.1, -0.05) is 0 Å². The summed E-state index contributed by atoms with van der Waals surface area (Å²) >= 11 is 0. The second-order valence-electron chi connectivity index (χ2n) is 3.77. The van der Waals surface area contributed by atoms with Crippen LogP contribution in [-0.2, 0) is 4.79 Å². The van der Waals surface area contributed by atoms with Crippen LogP contribution in [0.5, 0.6) is 0 Å². The van der Waals surface area contributed by atoms with E-state index in [1.807, 2.05) is 0 Å². The number of hydrogen-bond acceptors (Lipinski definition) is 3. The van der Waals surface area contributed by atoms with Crippen LogP contribution in [0.25, 0.3) is 0 Å². The van der Waals surface area contributed by atoms with Crippen LogP contribution in [0.1, 0.15) is 38.5 Å². The average Bonchev–Trinajstić information content (AvgIpc) is 2.54. The molecular formula is C11H14N2O. The summed E-state index contributed by atoms with van der Waals surface area (Å²) < 4.78 is 0.